The number of nitriles is 1. The summed E-state index contributed by atoms with van der Waals surface area (Å²) in [6, 6.07) is 8.63. The Morgan fingerprint density at radius 1 is 1.53 bits per heavy atom. The van der Waals surface area contributed by atoms with Gasteiger partial charge in [-0.15, -0.1) is 24.4 Å². The van der Waals surface area contributed by atoms with Crippen molar-refractivity contribution in [2.75, 3.05) is 11.6 Å². The normalized spacial score (nSPS) is 11.4. The fourth-order valence-electron chi connectivity index (χ4n) is 1.05. The second-order valence-electron chi connectivity index (χ2n) is 2.93. The molecule has 0 radical (unpaired) electrons. The Bertz CT molecular complexity index is 508. The monoisotopic (exact) mass is 284 g/mol. The van der Waals surface area contributed by atoms with Crippen molar-refractivity contribution in [1.29, 1.82) is 5.26 Å². The van der Waals surface area contributed by atoms with Crippen molar-refractivity contribution in [3.8, 4) is 6.07 Å². The fourth-order valence-corrected chi connectivity index (χ4v) is 1.72. The Kier molecular flexibility index (Phi) is 5.42. The highest BCUT2D eigenvalue weighted by Crippen LogP contribution is 2.24. The van der Waals surface area contributed by atoms with Crippen LogP contribution in [0.3, 0.4) is 0 Å². The number of carbonyl (C=O) groups excluding carboxylic acids is 1. The van der Waals surface area contributed by atoms with Crippen LogP contribution in [-0.4, -0.2) is 12.2 Å². The predicted molar refractivity (Wildman–Crippen MR) is 75.2 cm³/mol. The van der Waals surface area contributed by atoms with E-state index in [1.807, 2.05) is 6.07 Å². The van der Waals surface area contributed by atoms with Crippen molar-refractivity contribution in [2.45, 2.75) is 0 Å². The first-order valence-electron chi connectivity index (χ1n) is 4.53. The highest BCUT2D eigenvalue weighted by Gasteiger charge is 2.14. The number of nitrogens with one attached hydrogen (secondary N) is 1. The van der Waals surface area contributed by atoms with Crippen LogP contribution in [0, 0.1) is 11.3 Å². The zero-order chi connectivity index (χ0) is 12.8. The number of benzene rings is 1. The van der Waals surface area contributed by atoms with Gasteiger partial charge in [-0.2, -0.15) is 5.26 Å². The van der Waals surface area contributed by atoms with Crippen molar-refractivity contribution in [3.63, 3.8) is 0 Å². The van der Waals surface area contributed by atoms with E-state index in [4.69, 9.17) is 16.9 Å². The lowest BCUT2D eigenvalue weighted by atomic mass is 10.2. The van der Waals surface area contributed by atoms with Crippen LogP contribution in [0.5, 0.6) is 0 Å². The van der Waals surface area contributed by atoms with E-state index in [-0.39, 0.29) is 5.57 Å². The number of nitrogens with zero attached hydrogens (tertiary/aromatic N) is 1. The van der Waals surface area contributed by atoms with Crippen molar-refractivity contribution >= 4 is 47.6 Å². The fraction of sp³-hybridized carbons (Fsp3) is 0.0909. The van der Waals surface area contributed by atoms with Gasteiger partial charge in [-0.3, -0.25) is 4.79 Å². The van der Waals surface area contributed by atoms with Gasteiger partial charge in [0.2, 0.25) is 0 Å². The molecule has 0 spiro atoms. The van der Waals surface area contributed by atoms with Crippen LogP contribution in [0.25, 0.3) is 0 Å². The molecule has 1 amide bonds. The molecule has 3 nitrogen and oxygen atoms in total. The molecule has 0 aliphatic carbocycles. The minimum absolute atomic E-state index is 0.0271. The minimum atomic E-state index is -0.514. The van der Waals surface area contributed by atoms with Gasteiger partial charge in [0.25, 0.3) is 5.91 Å². The summed E-state index contributed by atoms with van der Waals surface area (Å²) in [4.78, 5) is 11.8. The summed E-state index contributed by atoms with van der Waals surface area (Å²) < 4.78 is 0.372. The maximum atomic E-state index is 11.8. The number of carbonyl (C=O) groups is 1. The standard InChI is InChI=1S/C11H9ClN2OS2/c1-17-11(16)7(6-13)10(15)14-9-5-3-2-4-8(9)12/h2-5,16H,1H3,(H,14,15). The Labute approximate surface area is 114 Å². The lowest BCUT2D eigenvalue weighted by molar-refractivity contribution is -0.112. The minimum Gasteiger partial charge on any atom is -0.320 e. The molecule has 1 aromatic carbocycles. The molecule has 0 fully saturated rings. The van der Waals surface area contributed by atoms with Crippen LogP contribution in [-0.2, 0) is 4.79 Å². The summed E-state index contributed by atoms with van der Waals surface area (Å²) in [5, 5.41) is 11.9. The SMILES string of the molecule is CSC(S)=C(C#N)C(=O)Nc1ccccc1Cl. The zero-order valence-electron chi connectivity index (χ0n) is 8.90. The highest BCUT2D eigenvalue weighted by molar-refractivity contribution is 8.15. The summed E-state index contributed by atoms with van der Waals surface area (Å²) in [6.07, 6.45) is 1.74. The number of thioether (sulfide) groups is 1. The number of anilines is 1. The molecule has 1 rings (SSSR count). The van der Waals surface area contributed by atoms with Crippen LogP contribution in [0.15, 0.2) is 34.1 Å². The van der Waals surface area contributed by atoms with E-state index in [9.17, 15) is 4.79 Å². The second kappa shape index (κ2) is 6.60. The quantitative estimate of drug-likeness (QED) is 0.509. The first-order chi connectivity index (χ1) is 8.10. The number of para-hydroxylation sites is 1. The van der Waals surface area contributed by atoms with Gasteiger partial charge in [0.05, 0.1) is 14.9 Å². The van der Waals surface area contributed by atoms with Gasteiger partial charge >= 0.3 is 0 Å². The topological polar surface area (TPSA) is 52.9 Å². The van der Waals surface area contributed by atoms with E-state index in [1.165, 1.54) is 11.8 Å². The van der Waals surface area contributed by atoms with Crippen LogP contribution >= 0.6 is 36.0 Å². The Morgan fingerprint density at radius 3 is 2.71 bits per heavy atom. The van der Waals surface area contributed by atoms with E-state index in [2.05, 4.69) is 17.9 Å². The van der Waals surface area contributed by atoms with Gasteiger partial charge in [0.1, 0.15) is 11.6 Å². The molecule has 0 heterocycles. The molecule has 0 aliphatic rings. The Balaban J connectivity index is 2.95. The summed E-state index contributed by atoms with van der Waals surface area (Å²) >= 11 is 11.2. The molecule has 0 bridgehead atoms. The average Bonchev–Trinajstić information content (AvgIpc) is 2.32. The van der Waals surface area contributed by atoms with Crippen molar-refractivity contribution in [1.82, 2.24) is 0 Å². The van der Waals surface area contributed by atoms with E-state index < -0.39 is 5.91 Å². The Hall–Kier alpha value is -1.09. The molecule has 6 heteroatoms. The number of rotatable bonds is 3. The van der Waals surface area contributed by atoms with E-state index >= 15 is 0 Å². The lowest BCUT2D eigenvalue weighted by Crippen LogP contribution is -2.14. The number of thiol groups is 1. The molecule has 17 heavy (non-hydrogen) atoms. The molecular weight excluding hydrogens is 276 g/mol. The molecule has 0 saturated carbocycles. The number of hydrogen-bond acceptors (Lipinski definition) is 4. The van der Waals surface area contributed by atoms with Gasteiger partial charge in [-0.05, 0) is 18.4 Å². The van der Waals surface area contributed by atoms with Crippen LogP contribution in [0.4, 0.5) is 5.69 Å². The first-order valence-corrected chi connectivity index (χ1v) is 6.58. The van der Waals surface area contributed by atoms with Gasteiger partial charge < -0.3 is 5.32 Å². The maximum absolute atomic E-state index is 11.8. The molecule has 0 aliphatic heterocycles. The summed E-state index contributed by atoms with van der Waals surface area (Å²) in [5.41, 5.74) is 0.440. The Morgan fingerprint density at radius 2 is 2.18 bits per heavy atom. The zero-order valence-corrected chi connectivity index (χ0v) is 11.4. The molecule has 0 atom stereocenters. The largest absolute Gasteiger partial charge is 0.320 e. The van der Waals surface area contributed by atoms with Gasteiger partial charge in [-0.25, -0.2) is 0 Å². The van der Waals surface area contributed by atoms with Crippen molar-refractivity contribution in [2.24, 2.45) is 0 Å². The van der Waals surface area contributed by atoms with E-state index in [1.54, 1.807) is 30.5 Å². The number of hydrogen-bond donors (Lipinski definition) is 2. The molecule has 0 unspecified atom stereocenters. The molecule has 0 aromatic heterocycles. The maximum Gasteiger partial charge on any atom is 0.268 e. The molecule has 88 valence electrons. The lowest BCUT2D eigenvalue weighted by Gasteiger charge is -2.06. The highest BCUT2D eigenvalue weighted by atomic mass is 35.5. The van der Waals surface area contributed by atoms with Crippen LogP contribution in [0.1, 0.15) is 0 Å². The van der Waals surface area contributed by atoms with Crippen molar-refractivity contribution in [3.05, 3.63) is 39.1 Å². The molecular formula is C11H9ClN2OS2. The van der Waals surface area contributed by atoms with E-state index in [0.29, 0.717) is 14.9 Å². The van der Waals surface area contributed by atoms with Crippen LogP contribution < -0.4 is 5.32 Å². The first kappa shape index (κ1) is 14.0. The summed E-state index contributed by atoms with van der Waals surface area (Å²) in [7, 11) is 0. The van der Waals surface area contributed by atoms with Gasteiger partial charge in [0, 0.05) is 0 Å². The summed E-state index contributed by atoms with van der Waals surface area (Å²) in [6.45, 7) is 0. The van der Waals surface area contributed by atoms with Gasteiger partial charge in [-0.1, -0.05) is 23.7 Å². The molecule has 1 N–H and O–H groups in total. The average molecular weight is 285 g/mol. The van der Waals surface area contributed by atoms with Crippen LogP contribution in [0.2, 0.25) is 5.02 Å². The second-order valence-corrected chi connectivity index (χ2v) is 4.90. The van der Waals surface area contributed by atoms with E-state index in [0.717, 1.165) is 0 Å². The third-order valence-corrected chi connectivity index (χ3v) is 3.56. The summed E-state index contributed by atoms with van der Waals surface area (Å²) in [5.74, 6) is -0.514. The molecule has 0 saturated heterocycles. The third-order valence-electron chi connectivity index (χ3n) is 1.87. The molecule has 1 aromatic rings. The van der Waals surface area contributed by atoms with Gasteiger partial charge in [0.15, 0.2) is 0 Å². The predicted octanol–water partition coefficient (Wildman–Crippen LogP) is 3.31. The van der Waals surface area contributed by atoms with Crippen molar-refractivity contribution < 1.29 is 4.79 Å². The smallest absolute Gasteiger partial charge is 0.268 e. The number of halogens is 1. The third kappa shape index (κ3) is 3.70. The number of amides is 1.